The summed E-state index contributed by atoms with van der Waals surface area (Å²) in [5, 5.41) is 17.7. The van der Waals surface area contributed by atoms with E-state index in [1.165, 1.54) is 0 Å². The van der Waals surface area contributed by atoms with Gasteiger partial charge in [-0.3, -0.25) is 0 Å². The molecule has 92 valence electrons. The quantitative estimate of drug-likeness (QED) is 0.860. The van der Waals surface area contributed by atoms with Gasteiger partial charge in [0.25, 0.3) is 0 Å². The SMILES string of the molecule is Cc1ccc(-c2nc(C(=O)O)c(C(=O)O)o2)cc1. The molecular weight excluding hydrogens is 238 g/mol. The highest BCUT2D eigenvalue weighted by Gasteiger charge is 2.25. The van der Waals surface area contributed by atoms with E-state index in [1.807, 2.05) is 6.92 Å². The standard InChI is InChI=1S/C12H9NO5/c1-6-2-4-7(5-3-6)10-13-8(11(14)15)9(18-10)12(16)17/h2-5H,1H3,(H,14,15)(H,16,17). The number of benzene rings is 1. The molecule has 1 aromatic carbocycles. The first kappa shape index (κ1) is 11.8. The number of carbonyl (C=O) groups is 2. The predicted molar refractivity (Wildman–Crippen MR) is 60.6 cm³/mol. The molecule has 2 aromatic rings. The van der Waals surface area contributed by atoms with Crippen molar-refractivity contribution >= 4 is 11.9 Å². The van der Waals surface area contributed by atoms with Crippen LogP contribution in [0, 0.1) is 6.92 Å². The van der Waals surface area contributed by atoms with Gasteiger partial charge in [0.1, 0.15) is 0 Å². The van der Waals surface area contributed by atoms with E-state index in [2.05, 4.69) is 4.98 Å². The highest BCUT2D eigenvalue weighted by Crippen LogP contribution is 2.22. The molecule has 0 aliphatic heterocycles. The van der Waals surface area contributed by atoms with E-state index in [4.69, 9.17) is 14.6 Å². The zero-order chi connectivity index (χ0) is 13.3. The second kappa shape index (κ2) is 4.33. The van der Waals surface area contributed by atoms with Gasteiger partial charge in [-0.25, -0.2) is 14.6 Å². The number of aromatic carboxylic acids is 2. The maximum Gasteiger partial charge on any atom is 0.374 e. The molecule has 0 aliphatic rings. The Balaban J connectivity index is 2.53. The fourth-order valence-electron chi connectivity index (χ4n) is 1.43. The predicted octanol–water partition coefficient (Wildman–Crippen LogP) is 2.05. The Morgan fingerprint density at radius 2 is 1.72 bits per heavy atom. The highest BCUT2D eigenvalue weighted by atomic mass is 16.4. The van der Waals surface area contributed by atoms with E-state index in [9.17, 15) is 9.59 Å². The lowest BCUT2D eigenvalue weighted by Gasteiger charge is -1.95. The van der Waals surface area contributed by atoms with Crippen LogP contribution in [0.25, 0.3) is 11.5 Å². The third-order valence-corrected chi connectivity index (χ3v) is 2.32. The fourth-order valence-corrected chi connectivity index (χ4v) is 1.43. The van der Waals surface area contributed by atoms with Gasteiger partial charge in [-0.1, -0.05) is 17.7 Å². The molecule has 0 radical (unpaired) electrons. The molecular formula is C12H9NO5. The van der Waals surface area contributed by atoms with Gasteiger partial charge in [0.15, 0.2) is 0 Å². The van der Waals surface area contributed by atoms with Crippen molar-refractivity contribution in [2.75, 3.05) is 0 Å². The van der Waals surface area contributed by atoms with Crippen LogP contribution in [0.15, 0.2) is 28.7 Å². The summed E-state index contributed by atoms with van der Waals surface area (Å²) in [5.74, 6) is -3.59. The summed E-state index contributed by atoms with van der Waals surface area (Å²) in [7, 11) is 0. The van der Waals surface area contributed by atoms with E-state index < -0.39 is 23.4 Å². The smallest absolute Gasteiger partial charge is 0.374 e. The molecule has 1 aromatic heterocycles. The van der Waals surface area contributed by atoms with Gasteiger partial charge >= 0.3 is 11.9 Å². The summed E-state index contributed by atoms with van der Waals surface area (Å²) in [5.41, 5.74) is 0.941. The van der Waals surface area contributed by atoms with Crippen LogP contribution in [0.3, 0.4) is 0 Å². The van der Waals surface area contributed by atoms with E-state index in [0.29, 0.717) is 5.56 Å². The van der Waals surface area contributed by atoms with E-state index in [-0.39, 0.29) is 5.89 Å². The van der Waals surface area contributed by atoms with Gasteiger partial charge < -0.3 is 14.6 Å². The monoisotopic (exact) mass is 247 g/mol. The molecule has 1 heterocycles. The second-order valence-electron chi connectivity index (χ2n) is 3.67. The molecule has 0 fully saturated rings. The molecule has 2 rings (SSSR count). The van der Waals surface area contributed by atoms with Gasteiger partial charge in [-0.15, -0.1) is 0 Å². The van der Waals surface area contributed by atoms with Crippen LogP contribution in [-0.2, 0) is 0 Å². The second-order valence-corrected chi connectivity index (χ2v) is 3.67. The minimum absolute atomic E-state index is 0.0233. The molecule has 0 aliphatic carbocycles. The zero-order valence-corrected chi connectivity index (χ0v) is 9.38. The zero-order valence-electron chi connectivity index (χ0n) is 9.38. The average molecular weight is 247 g/mol. The molecule has 6 nitrogen and oxygen atoms in total. The van der Waals surface area contributed by atoms with Gasteiger partial charge in [0.2, 0.25) is 17.3 Å². The van der Waals surface area contributed by atoms with Crippen LogP contribution in [0.1, 0.15) is 26.6 Å². The molecule has 0 amide bonds. The van der Waals surface area contributed by atoms with Crippen LogP contribution < -0.4 is 0 Å². The summed E-state index contributed by atoms with van der Waals surface area (Å²) < 4.78 is 4.97. The minimum atomic E-state index is -1.46. The first-order chi connectivity index (χ1) is 8.49. The van der Waals surface area contributed by atoms with Crippen LogP contribution in [0.2, 0.25) is 0 Å². The first-order valence-electron chi connectivity index (χ1n) is 5.03. The molecule has 0 atom stereocenters. The normalized spacial score (nSPS) is 10.3. The number of rotatable bonds is 3. The molecule has 0 saturated heterocycles. The largest absolute Gasteiger partial charge is 0.476 e. The first-order valence-corrected chi connectivity index (χ1v) is 5.03. The number of oxazole rings is 1. The van der Waals surface area contributed by atoms with Crippen molar-refractivity contribution < 1.29 is 24.2 Å². The van der Waals surface area contributed by atoms with Crippen molar-refractivity contribution in [1.82, 2.24) is 4.98 Å². The van der Waals surface area contributed by atoms with Crippen molar-refractivity contribution in [3.63, 3.8) is 0 Å². The van der Waals surface area contributed by atoms with E-state index >= 15 is 0 Å². The van der Waals surface area contributed by atoms with Crippen molar-refractivity contribution in [1.29, 1.82) is 0 Å². The van der Waals surface area contributed by atoms with Crippen molar-refractivity contribution in [2.24, 2.45) is 0 Å². The van der Waals surface area contributed by atoms with Gasteiger partial charge in [-0.2, -0.15) is 0 Å². The Morgan fingerprint density at radius 1 is 1.11 bits per heavy atom. The van der Waals surface area contributed by atoms with Crippen LogP contribution in [0.5, 0.6) is 0 Å². The number of hydrogen-bond donors (Lipinski definition) is 2. The number of carboxylic acid groups (broad SMARTS) is 2. The van der Waals surface area contributed by atoms with Crippen LogP contribution >= 0.6 is 0 Å². The molecule has 0 spiro atoms. The maximum atomic E-state index is 10.8. The molecule has 0 saturated carbocycles. The summed E-state index contributed by atoms with van der Waals surface area (Å²) in [4.78, 5) is 25.4. The summed E-state index contributed by atoms with van der Waals surface area (Å²) in [6.07, 6.45) is 0. The Labute approximate surface area is 102 Å². The van der Waals surface area contributed by atoms with Crippen molar-refractivity contribution in [3.05, 3.63) is 41.3 Å². The minimum Gasteiger partial charge on any atom is -0.476 e. The molecule has 18 heavy (non-hydrogen) atoms. The number of nitrogens with zero attached hydrogens (tertiary/aromatic N) is 1. The van der Waals surface area contributed by atoms with Crippen molar-refractivity contribution in [2.45, 2.75) is 6.92 Å². The Kier molecular flexibility index (Phi) is 2.85. The Morgan fingerprint density at radius 3 is 2.17 bits per heavy atom. The Hall–Kier alpha value is -2.63. The summed E-state index contributed by atoms with van der Waals surface area (Å²) >= 11 is 0. The lowest BCUT2D eigenvalue weighted by Crippen LogP contribution is -2.05. The van der Waals surface area contributed by atoms with Gasteiger partial charge in [0, 0.05) is 5.56 Å². The average Bonchev–Trinajstić information content (AvgIpc) is 2.75. The number of carboxylic acids is 2. The molecule has 6 heteroatoms. The van der Waals surface area contributed by atoms with E-state index in [1.54, 1.807) is 24.3 Å². The number of hydrogen-bond acceptors (Lipinski definition) is 4. The summed E-state index contributed by atoms with van der Waals surface area (Å²) in [6.45, 7) is 1.89. The number of aromatic nitrogens is 1. The van der Waals surface area contributed by atoms with Crippen LogP contribution in [-0.4, -0.2) is 27.1 Å². The third-order valence-electron chi connectivity index (χ3n) is 2.32. The topological polar surface area (TPSA) is 101 Å². The van der Waals surface area contributed by atoms with Gasteiger partial charge in [0.05, 0.1) is 0 Å². The third kappa shape index (κ3) is 2.08. The van der Waals surface area contributed by atoms with Crippen LogP contribution in [0.4, 0.5) is 0 Å². The van der Waals surface area contributed by atoms with Crippen molar-refractivity contribution in [3.8, 4) is 11.5 Å². The maximum absolute atomic E-state index is 10.8. The fraction of sp³-hybridized carbons (Fsp3) is 0.0833. The molecule has 0 unspecified atom stereocenters. The Bertz CT molecular complexity index is 580. The number of aryl methyl sites for hydroxylation is 1. The molecule has 2 N–H and O–H groups in total. The van der Waals surface area contributed by atoms with Gasteiger partial charge in [-0.05, 0) is 19.1 Å². The van der Waals surface area contributed by atoms with E-state index in [0.717, 1.165) is 5.56 Å². The lowest BCUT2D eigenvalue weighted by molar-refractivity contribution is 0.0624. The lowest BCUT2D eigenvalue weighted by atomic mass is 10.1. The highest BCUT2D eigenvalue weighted by molar-refractivity contribution is 5.98. The summed E-state index contributed by atoms with van der Waals surface area (Å²) in [6, 6.07) is 6.94. The molecule has 0 bridgehead atoms.